The van der Waals surface area contributed by atoms with Crippen LogP contribution in [-0.2, 0) is 6.61 Å². The number of rotatable bonds is 4. The molecule has 1 N–H and O–H groups in total. The summed E-state index contributed by atoms with van der Waals surface area (Å²) in [6.45, 7) is 2.15. The summed E-state index contributed by atoms with van der Waals surface area (Å²) in [5.41, 5.74) is 1.91. The van der Waals surface area contributed by atoms with Crippen molar-refractivity contribution in [2.75, 3.05) is 0 Å². The lowest BCUT2D eigenvalue weighted by Crippen LogP contribution is -2.00. The van der Waals surface area contributed by atoms with Crippen molar-refractivity contribution in [1.29, 1.82) is 0 Å². The molecule has 0 aliphatic rings. The first-order valence-electron chi connectivity index (χ1n) is 5.14. The Morgan fingerprint density at radius 1 is 1.41 bits per heavy atom. The molecule has 0 saturated carbocycles. The number of ether oxygens (including phenoxy) is 1. The Kier molecular flexibility index (Phi) is 3.14. The smallest absolute Gasteiger partial charge is 0.335 e. The predicted octanol–water partition coefficient (Wildman–Crippen LogP) is 2.87. The number of aromatic carboxylic acids is 1. The van der Waals surface area contributed by atoms with Crippen LogP contribution in [0.2, 0.25) is 0 Å². The highest BCUT2D eigenvalue weighted by molar-refractivity contribution is 5.89. The molecule has 0 saturated heterocycles. The maximum absolute atomic E-state index is 10.8. The van der Waals surface area contributed by atoms with Crippen LogP contribution in [0.4, 0.5) is 0 Å². The summed E-state index contributed by atoms with van der Waals surface area (Å²) in [6, 6.07) is 6.72. The van der Waals surface area contributed by atoms with E-state index in [1.165, 1.54) is 0 Å². The van der Waals surface area contributed by atoms with E-state index in [9.17, 15) is 4.79 Å². The highest BCUT2D eigenvalue weighted by atomic mass is 16.5. The molecule has 2 aromatic rings. The van der Waals surface area contributed by atoms with Gasteiger partial charge in [-0.25, -0.2) is 4.79 Å². The fourth-order valence-electron chi connectivity index (χ4n) is 1.51. The van der Waals surface area contributed by atoms with Crippen molar-refractivity contribution in [2.24, 2.45) is 0 Å². The van der Waals surface area contributed by atoms with Crippen LogP contribution in [0.5, 0.6) is 5.75 Å². The standard InChI is InChI=1S/C13H12O4/c1-9-6-11(2-3-12(9)13(14)15)17-8-10-4-5-16-7-10/h2-7H,8H2,1H3,(H,14,15). The van der Waals surface area contributed by atoms with Gasteiger partial charge < -0.3 is 14.3 Å². The number of benzene rings is 1. The lowest BCUT2D eigenvalue weighted by atomic mass is 10.1. The molecule has 2 rings (SSSR count). The van der Waals surface area contributed by atoms with E-state index >= 15 is 0 Å². The van der Waals surface area contributed by atoms with Crippen LogP contribution < -0.4 is 4.74 Å². The number of furan rings is 1. The van der Waals surface area contributed by atoms with Gasteiger partial charge in [-0.1, -0.05) is 0 Å². The average molecular weight is 232 g/mol. The van der Waals surface area contributed by atoms with E-state index in [1.54, 1.807) is 37.6 Å². The second-order valence-corrected chi connectivity index (χ2v) is 3.70. The van der Waals surface area contributed by atoms with Gasteiger partial charge in [0.05, 0.1) is 18.1 Å². The molecule has 17 heavy (non-hydrogen) atoms. The topological polar surface area (TPSA) is 59.7 Å². The minimum Gasteiger partial charge on any atom is -0.489 e. The van der Waals surface area contributed by atoms with E-state index < -0.39 is 5.97 Å². The van der Waals surface area contributed by atoms with Gasteiger partial charge >= 0.3 is 5.97 Å². The zero-order chi connectivity index (χ0) is 12.3. The molecule has 0 fully saturated rings. The number of carboxylic acid groups (broad SMARTS) is 1. The lowest BCUT2D eigenvalue weighted by Gasteiger charge is -2.07. The number of carboxylic acids is 1. The second-order valence-electron chi connectivity index (χ2n) is 3.70. The summed E-state index contributed by atoms with van der Waals surface area (Å²) in [4.78, 5) is 10.8. The summed E-state index contributed by atoms with van der Waals surface area (Å²) < 4.78 is 10.4. The van der Waals surface area contributed by atoms with Gasteiger partial charge in [0.15, 0.2) is 0 Å². The molecule has 4 nitrogen and oxygen atoms in total. The molecule has 0 unspecified atom stereocenters. The fourth-order valence-corrected chi connectivity index (χ4v) is 1.51. The van der Waals surface area contributed by atoms with Crippen LogP contribution in [0, 0.1) is 6.92 Å². The van der Waals surface area contributed by atoms with Crippen LogP contribution in [0.3, 0.4) is 0 Å². The summed E-state index contributed by atoms with van der Waals surface area (Å²) in [5, 5.41) is 8.88. The van der Waals surface area contributed by atoms with Crippen molar-refractivity contribution < 1.29 is 19.1 Å². The SMILES string of the molecule is Cc1cc(OCc2ccoc2)ccc1C(=O)O. The van der Waals surface area contributed by atoms with Crippen molar-refractivity contribution in [3.63, 3.8) is 0 Å². The van der Waals surface area contributed by atoms with E-state index in [1.807, 2.05) is 6.07 Å². The van der Waals surface area contributed by atoms with Crippen molar-refractivity contribution in [3.05, 3.63) is 53.5 Å². The van der Waals surface area contributed by atoms with Gasteiger partial charge in [0.25, 0.3) is 0 Å². The quantitative estimate of drug-likeness (QED) is 0.880. The van der Waals surface area contributed by atoms with Gasteiger partial charge in [0, 0.05) is 5.56 Å². The number of carbonyl (C=O) groups is 1. The van der Waals surface area contributed by atoms with Gasteiger partial charge in [-0.05, 0) is 36.8 Å². The fraction of sp³-hybridized carbons (Fsp3) is 0.154. The third-order valence-electron chi connectivity index (χ3n) is 2.41. The molecule has 1 aromatic heterocycles. The molecule has 1 heterocycles. The monoisotopic (exact) mass is 232 g/mol. The maximum atomic E-state index is 10.8. The van der Waals surface area contributed by atoms with Crippen LogP contribution in [-0.4, -0.2) is 11.1 Å². The molecule has 88 valence electrons. The first kappa shape index (κ1) is 11.3. The largest absolute Gasteiger partial charge is 0.489 e. The molecular formula is C13H12O4. The Morgan fingerprint density at radius 2 is 2.24 bits per heavy atom. The Bertz CT molecular complexity index is 514. The number of hydrogen-bond donors (Lipinski definition) is 1. The second kappa shape index (κ2) is 4.74. The third-order valence-corrected chi connectivity index (χ3v) is 2.41. The van der Waals surface area contributed by atoms with E-state index in [0.29, 0.717) is 23.5 Å². The van der Waals surface area contributed by atoms with Crippen LogP contribution in [0.25, 0.3) is 0 Å². The van der Waals surface area contributed by atoms with Crippen molar-refractivity contribution >= 4 is 5.97 Å². The molecular weight excluding hydrogens is 220 g/mol. The zero-order valence-electron chi connectivity index (χ0n) is 9.34. The molecule has 0 amide bonds. The normalized spacial score (nSPS) is 10.2. The third kappa shape index (κ3) is 2.66. The van der Waals surface area contributed by atoms with Gasteiger partial charge in [-0.2, -0.15) is 0 Å². The van der Waals surface area contributed by atoms with Crippen molar-refractivity contribution in [3.8, 4) is 5.75 Å². The van der Waals surface area contributed by atoms with E-state index in [0.717, 1.165) is 5.56 Å². The van der Waals surface area contributed by atoms with Crippen LogP contribution in [0.1, 0.15) is 21.5 Å². The Balaban J connectivity index is 2.07. The lowest BCUT2D eigenvalue weighted by molar-refractivity contribution is 0.0696. The van der Waals surface area contributed by atoms with Crippen LogP contribution >= 0.6 is 0 Å². The first-order chi connectivity index (χ1) is 8.16. The van der Waals surface area contributed by atoms with Gasteiger partial charge in [-0.15, -0.1) is 0 Å². The van der Waals surface area contributed by atoms with Crippen LogP contribution in [0.15, 0.2) is 41.2 Å². The summed E-state index contributed by atoms with van der Waals surface area (Å²) in [7, 11) is 0. The maximum Gasteiger partial charge on any atom is 0.335 e. The highest BCUT2D eigenvalue weighted by Crippen LogP contribution is 2.18. The van der Waals surface area contributed by atoms with Gasteiger partial charge in [0.1, 0.15) is 12.4 Å². The minimum absolute atomic E-state index is 0.292. The van der Waals surface area contributed by atoms with Crippen molar-refractivity contribution in [2.45, 2.75) is 13.5 Å². The molecule has 0 bridgehead atoms. The molecule has 4 heteroatoms. The molecule has 0 aliphatic carbocycles. The first-order valence-corrected chi connectivity index (χ1v) is 5.14. The Labute approximate surface area is 98.4 Å². The summed E-state index contributed by atoms with van der Waals surface area (Å²) in [6.07, 6.45) is 3.19. The number of aryl methyl sites for hydroxylation is 1. The van der Waals surface area contributed by atoms with E-state index in [2.05, 4.69) is 0 Å². The summed E-state index contributed by atoms with van der Waals surface area (Å²) in [5.74, 6) is -0.280. The Morgan fingerprint density at radius 3 is 2.82 bits per heavy atom. The summed E-state index contributed by atoms with van der Waals surface area (Å²) >= 11 is 0. The average Bonchev–Trinajstić information content (AvgIpc) is 2.78. The predicted molar refractivity (Wildman–Crippen MR) is 61.2 cm³/mol. The molecule has 0 aliphatic heterocycles. The van der Waals surface area contributed by atoms with Gasteiger partial charge in [0.2, 0.25) is 0 Å². The van der Waals surface area contributed by atoms with E-state index in [-0.39, 0.29) is 0 Å². The molecule has 0 radical (unpaired) electrons. The van der Waals surface area contributed by atoms with Gasteiger partial charge in [-0.3, -0.25) is 0 Å². The minimum atomic E-state index is -0.927. The Hall–Kier alpha value is -2.23. The molecule has 0 atom stereocenters. The van der Waals surface area contributed by atoms with Crippen molar-refractivity contribution in [1.82, 2.24) is 0 Å². The zero-order valence-corrected chi connectivity index (χ0v) is 9.34. The molecule has 1 aromatic carbocycles. The van der Waals surface area contributed by atoms with E-state index in [4.69, 9.17) is 14.3 Å². The number of hydrogen-bond acceptors (Lipinski definition) is 3. The highest BCUT2D eigenvalue weighted by Gasteiger charge is 2.07. The molecule has 0 spiro atoms.